The Morgan fingerprint density at radius 3 is 2.88 bits per heavy atom. The van der Waals surface area contributed by atoms with Crippen molar-refractivity contribution in [2.24, 2.45) is 0 Å². The number of thioether (sulfide) groups is 1. The Labute approximate surface area is 116 Å². The Kier molecular flexibility index (Phi) is 3.69. The lowest BCUT2D eigenvalue weighted by atomic mass is 10.2. The van der Waals surface area contributed by atoms with Crippen molar-refractivity contribution in [2.75, 3.05) is 0 Å². The molecular weight excluding hydrogens is 330 g/mol. The number of carbonyl (C=O) groups is 1. The van der Waals surface area contributed by atoms with Gasteiger partial charge in [-0.2, -0.15) is 0 Å². The van der Waals surface area contributed by atoms with Crippen LogP contribution in [0.2, 0.25) is 5.02 Å². The Balaban J connectivity index is 2.39. The van der Waals surface area contributed by atoms with E-state index in [0.717, 1.165) is 10.0 Å². The molecule has 0 aromatic heterocycles. The molecule has 1 fully saturated rings. The van der Waals surface area contributed by atoms with E-state index in [1.807, 2.05) is 6.07 Å². The molecule has 6 heteroatoms. The molecule has 16 heavy (non-hydrogen) atoms. The van der Waals surface area contributed by atoms with Gasteiger partial charge in [-0.25, -0.2) is 0 Å². The third kappa shape index (κ3) is 2.66. The van der Waals surface area contributed by atoms with Gasteiger partial charge in [-0.1, -0.05) is 51.5 Å². The summed E-state index contributed by atoms with van der Waals surface area (Å²) in [6.07, 6.45) is 1.76. The van der Waals surface area contributed by atoms with E-state index in [2.05, 4.69) is 21.2 Å². The predicted octanol–water partition coefficient (Wildman–Crippen LogP) is 3.59. The van der Waals surface area contributed by atoms with Gasteiger partial charge >= 0.3 is 0 Å². The molecule has 1 heterocycles. The lowest BCUT2D eigenvalue weighted by Gasteiger charge is -2.00. The fourth-order valence-corrected chi connectivity index (χ4v) is 2.76. The van der Waals surface area contributed by atoms with Crippen LogP contribution in [0.1, 0.15) is 5.56 Å². The third-order valence-corrected chi connectivity index (χ3v) is 4.01. The molecule has 1 N–H and O–H groups in total. The molecule has 0 atom stereocenters. The van der Waals surface area contributed by atoms with Crippen molar-refractivity contribution in [1.29, 1.82) is 0 Å². The highest BCUT2D eigenvalue weighted by Gasteiger charge is 2.22. The normalized spacial score (nSPS) is 18.0. The minimum atomic E-state index is -0.165. The summed E-state index contributed by atoms with van der Waals surface area (Å²) in [6.45, 7) is 0. The van der Waals surface area contributed by atoms with Crippen molar-refractivity contribution in [3.8, 4) is 0 Å². The number of amides is 1. The predicted molar refractivity (Wildman–Crippen MR) is 75.5 cm³/mol. The molecule has 0 unspecified atom stereocenters. The van der Waals surface area contributed by atoms with Gasteiger partial charge in [-0.15, -0.1) is 0 Å². The number of hydrogen-bond donors (Lipinski definition) is 1. The topological polar surface area (TPSA) is 29.1 Å². The Hall–Kier alpha value is -0.360. The number of thiocarbonyl (C=S) groups is 1. The van der Waals surface area contributed by atoms with Gasteiger partial charge in [0.05, 0.1) is 4.91 Å². The molecule has 1 saturated heterocycles. The molecule has 0 spiro atoms. The van der Waals surface area contributed by atoms with Crippen LogP contribution in [-0.2, 0) is 4.79 Å². The van der Waals surface area contributed by atoms with Crippen molar-refractivity contribution >= 4 is 67.8 Å². The summed E-state index contributed by atoms with van der Waals surface area (Å²) in [6, 6.07) is 5.40. The molecule has 1 aromatic rings. The van der Waals surface area contributed by atoms with Crippen LogP contribution < -0.4 is 5.32 Å². The van der Waals surface area contributed by atoms with Gasteiger partial charge in [-0.05, 0) is 29.8 Å². The smallest absolute Gasteiger partial charge is 0.263 e. The quantitative estimate of drug-likeness (QED) is 0.628. The second kappa shape index (κ2) is 4.87. The summed E-state index contributed by atoms with van der Waals surface area (Å²) in [7, 11) is 0. The standard InChI is InChI=1S/C10H5BrClNOS2/c11-7-2-1-6(12)3-5(7)4-8-9(14)13-10(15)16-8/h1-4H,(H,13,14,15). The first kappa shape index (κ1) is 12.1. The Morgan fingerprint density at radius 1 is 1.50 bits per heavy atom. The lowest BCUT2D eigenvalue weighted by molar-refractivity contribution is -0.115. The second-order valence-electron chi connectivity index (χ2n) is 3.02. The summed E-state index contributed by atoms with van der Waals surface area (Å²) >= 11 is 15.4. The zero-order valence-corrected chi connectivity index (χ0v) is 11.8. The van der Waals surface area contributed by atoms with Crippen LogP contribution in [0.4, 0.5) is 0 Å². The summed E-state index contributed by atoms with van der Waals surface area (Å²) in [5, 5.41) is 3.19. The number of nitrogens with one attached hydrogen (secondary N) is 1. The first-order chi connectivity index (χ1) is 7.56. The van der Waals surface area contributed by atoms with E-state index in [1.54, 1.807) is 18.2 Å². The average Bonchev–Trinajstić information content (AvgIpc) is 2.51. The minimum Gasteiger partial charge on any atom is -0.307 e. The first-order valence-electron chi connectivity index (χ1n) is 4.26. The molecule has 0 bridgehead atoms. The van der Waals surface area contributed by atoms with Crippen LogP contribution in [0, 0.1) is 0 Å². The molecular formula is C10H5BrClNOS2. The number of benzene rings is 1. The van der Waals surface area contributed by atoms with Crippen LogP contribution in [0.5, 0.6) is 0 Å². The molecule has 2 rings (SSSR count). The van der Waals surface area contributed by atoms with E-state index < -0.39 is 0 Å². The summed E-state index contributed by atoms with van der Waals surface area (Å²) in [5.74, 6) is -0.165. The van der Waals surface area contributed by atoms with Crippen LogP contribution in [0.3, 0.4) is 0 Å². The summed E-state index contributed by atoms with van der Waals surface area (Å²) in [4.78, 5) is 12.0. The Morgan fingerprint density at radius 2 is 2.25 bits per heavy atom. The van der Waals surface area contributed by atoms with E-state index in [1.165, 1.54) is 11.8 Å². The number of carbonyl (C=O) groups excluding carboxylic acids is 1. The fourth-order valence-electron chi connectivity index (χ4n) is 1.19. The van der Waals surface area contributed by atoms with Gasteiger partial charge in [0.2, 0.25) is 0 Å². The summed E-state index contributed by atoms with van der Waals surface area (Å²) in [5.41, 5.74) is 0.856. The van der Waals surface area contributed by atoms with Gasteiger partial charge in [-0.3, -0.25) is 4.79 Å². The number of halogens is 2. The highest BCUT2D eigenvalue weighted by Crippen LogP contribution is 2.29. The van der Waals surface area contributed by atoms with Crippen molar-refractivity contribution in [3.63, 3.8) is 0 Å². The van der Waals surface area contributed by atoms with Gasteiger partial charge in [0.15, 0.2) is 0 Å². The molecule has 1 amide bonds. The highest BCUT2D eigenvalue weighted by molar-refractivity contribution is 9.10. The fraction of sp³-hybridized carbons (Fsp3) is 0. The van der Waals surface area contributed by atoms with Crippen molar-refractivity contribution < 1.29 is 4.79 Å². The van der Waals surface area contributed by atoms with Crippen LogP contribution in [-0.4, -0.2) is 10.2 Å². The minimum absolute atomic E-state index is 0.165. The molecule has 0 aliphatic carbocycles. The van der Waals surface area contributed by atoms with Gasteiger partial charge in [0.1, 0.15) is 4.32 Å². The number of rotatable bonds is 1. The largest absolute Gasteiger partial charge is 0.307 e. The zero-order valence-electron chi connectivity index (χ0n) is 7.79. The molecule has 82 valence electrons. The third-order valence-electron chi connectivity index (χ3n) is 1.89. The monoisotopic (exact) mass is 333 g/mol. The maximum absolute atomic E-state index is 11.4. The second-order valence-corrected chi connectivity index (χ2v) is 6.03. The van der Waals surface area contributed by atoms with E-state index >= 15 is 0 Å². The first-order valence-corrected chi connectivity index (χ1v) is 6.66. The van der Waals surface area contributed by atoms with Gasteiger partial charge < -0.3 is 5.32 Å². The van der Waals surface area contributed by atoms with Crippen molar-refractivity contribution in [3.05, 3.63) is 38.2 Å². The van der Waals surface area contributed by atoms with Crippen LogP contribution in [0.25, 0.3) is 6.08 Å². The van der Waals surface area contributed by atoms with Crippen LogP contribution >= 0.6 is 51.5 Å². The molecule has 2 nitrogen and oxygen atoms in total. The maximum Gasteiger partial charge on any atom is 0.263 e. The van der Waals surface area contributed by atoms with Crippen molar-refractivity contribution in [2.45, 2.75) is 0 Å². The van der Waals surface area contributed by atoms with E-state index in [-0.39, 0.29) is 5.91 Å². The van der Waals surface area contributed by atoms with Gasteiger partial charge in [0.25, 0.3) is 5.91 Å². The molecule has 1 aliphatic heterocycles. The molecule has 1 aromatic carbocycles. The zero-order chi connectivity index (χ0) is 11.7. The van der Waals surface area contributed by atoms with Crippen molar-refractivity contribution in [1.82, 2.24) is 5.32 Å². The highest BCUT2D eigenvalue weighted by atomic mass is 79.9. The molecule has 1 aliphatic rings. The van der Waals surface area contributed by atoms with E-state index in [9.17, 15) is 4.79 Å². The lowest BCUT2D eigenvalue weighted by Crippen LogP contribution is -2.17. The van der Waals surface area contributed by atoms with E-state index in [4.69, 9.17) is 23.8 Å². The Bertz CT molecular complexity index is 516. The van der Waals surface area contributed by atoms with E-state index in [0.29, 0.717) is 14.2 Å². The van der Waals surface area contributed by atoms with Crippen LogP contribution in [0.15, 0.2) is 27.6 Å². The number of hydrogen-bond acceptors (Lipinski definition) is 3. The maximum atomic E-state index is 11.4. The SMILES string of the molecule is O=C1NC(=S)SC1=Cc1cc(Cl)ccc1Br. The van der Waals surface area contributed by atoms with Gasteiger partial charge in [0, 0.05) is 9.50 Å². The molecule has 0 radical (unpaired) electrons. The molecule has 0 saturated carbocycles. The average molecular weight is 335 g/mol. The summed E-state index contributed by atoms with van der Waals surface area (Å²) < 4.78 is 1.37.